The van der Waals surface area contributed by atoms with Crippen molar-refractivity contribution in [2.75, 3.05) is 19.7 Å². The van der Waals surface area contributed by atoms with Gasteiger partial charge in [0, 0.05) is 30.8 Å². The Morgan fingerprint density at radius 3 is 2.36 bits per heavy atom. The fraction of sp³-hybridized carbons (Fsp3) is 0.588. The number of benzene rings is 1. The minimum atomic E-state index is -1.34. The van der Waals surface area contributed by atoms with E-state index in [2.05, 4.69) is 0 Å². The molecule has 138 valence electrons. The summed E-state index contributed by atoms with van der Waals surface area (Å²) in [6, 6.07) is 2.67. The summed E-state index contributed by atoms with van der Waals surface area (Å²) in [5.74, 6) is 0.437. The van der Waals surface area contributed by atoms with Gasteiger partial charge in [-0.3, -0.25) is 4.79 Å². The Hall–Kier alpha value is -1.05. The number of fused-ring (bicyclic) bond motifs is 1. The molecule has 0 radical (unpaired) electrons. The predicted octanol–water partition coefficient (Wildman–Crippen LogP) is 1.54. The van der Waals surface area contributed by atoms with E-state index >= 15 is 0 Å². The number of nitrogens with zero attached hydrogens (tertiary/aromatic N) is 1. The number of likely N-dealkylation sites (tertiary alicyclic amines) is 1. The highest BCUT2D eigenvalue weighted by Gasteiger charge is 2.45. The van der Waals surface area contributed by atoms with Crippen LogP contribution < -0.4 is 5.73 Å². The SMILES string of the molecule is NC(c1cc(Cl)c(Cl)cc1O)[C@H]1C[C@@H]2CN(C(=O)[C@H](O)CO)C[C@@H]2C1. The Balaban J connectivity index is 1.66. The number of phenolic OH excluding ortho intramolecular Hbond substituents is 1. The molecule has 0 spiro atoms. The molecule has 2 fully saturated rings. The van der Waals surface area contributed by atoms with Crippen molar-refractivity contribution in [2.45, 2.75) is 25.0 Å². The number of amides is 1. The zero-order valence-corrected chi connectivity index (χ0v) is 15.1. The van der Waals surface area contributed by atoms with Crippen LogP contribution in [0.25, 0.3) is 0 Å². The third-order valence-corrected chi connectivity index (χ3v) is 6.22. The monoisotopic (exact) mass is 388 g/mol. The third kappa shape index (κ3) is 3.59. The first-order valence-electron chi connectivity index (χ1n) is 8.33. The second-order valence-electron chi connectivity index (χ2n) is 7.04. The lowest BCUT2D eigenvalue weighted by molar-refractivity contribution is -0.141. The molecule has 0 bridgehead atoms. The summed E-state index contributed by atoms with van der Waals surface area (Å²) in [7, 11) is 0. The lowest BCUT2D eigenvalue weighted by Crippen LogP contribution is -2.40. The largest absolute Gasteiger partial charge is 0.508 e. The highest BCUT2D eigenvalue weighted by atomic mass is 35.5. The van der Waals surface area contributed by atoms with Gasteiger partial charge in [0.05, 0.1) is 16.7 Å². The highest BCUT2D eigenvalue weighted by Crippen LogP contribution is 2.47. The fourth-order valence-corrected chi connectivity index (χ4v) is 4.51. The number of aromatic hydroxyl groups is 1. The maximum absolute atomic E-state index is 12.0. The molecular weight excluding hydrogens is 367 g/mol. The van der Waals surface area contributed by atoms with Crippen molar-refractivity contribution >= 4 is 29.1 Å². The molecule has 6 nitrogen and oxygen atoms in total. The maximum atomic E-state index is 12.0. The van der Waals surface area contributed by atoms with Crippen molar-refractivity contribution in [2.24, 2.45) is 23.5 Å². The summed E-state index contributed by atoms with van der Waals surface area (Å²) in [5, 5.41) is 29.2. The molecule has 1 aromatic carbocycles. The van der Waals surface area contributed by atoms with Crippen LogP contribution in [0.4, 0.5) is 0 Å². The van der Waals surface area contributed by atoms with Gasteiger partial charge in [0.1, 0.15) is 5.75 Å². The number of aliphatic hydroxyl groups is 2. The van der Waals surface area contributed by atoms with E-state index in [1.54, 1.807) is 11.0 Å². The molecule has 1 aliphatic heterocycles. The summed E-state index contributed by atoms with van der Waals surface area (Å²) < 4.78 is 0. The van der Waals surface area contributed by atoms with Crippen LogP contribution in [0.2, 0.25) is 10.0 Å². The summed E-state index contributed by atoms with van der Waals surface area (Å²) in [6.07, 6.45) is 0.333. The zero-order chi connectivity index (χ0) is 18.3. The van der Waals surface area contributed by atoms with Gasteiger partial charge >= 0.3 is 0 Å². The number of halogens is 2. The van der Waals surface area contributed by atoms with Crippen LogP contribution in [0.1, 0.15) is 24.4 Å². The summed E-state index contributed by atoms with van der Waals surface area (Å²) >= 11 is 11.9. The Kier molecular flexibility index (Phi) is 5.46. The first-order chi connectivity index (χ1) is 11.8. The van der Waals surface area contributed by atoms with Crippen molar-refractivity contribution in [3.8, 4) is 5.75 Å². The van der Waals surface area contributed by atoms with Crippen LogP contribution in [0.15, 0.2) is 12.1 Å². The number of aliphatic hydroxyl groups excluding tert-OH is 2. The minimum absolute atomic E-state index is 0.0434. The first kappa shape index (κ1) is 18.7. The lowest BCUT2D eigenvalue weighted by Gasteiger charge is -2.24. The average Bonchev–Trinajstić information content (AvgIpc) is 3.15. The van der Waals surface area contributed by atoms with E-state index in [9.17, 15) is 15.0 Å². The summed E-state index contributed by atoms with van der Waals surface area (Å²) in [6.45, 7) is 0.572. The van der Waals surface area contributed by atoms with Gasteiger partial charge in [-0.05, 0) is 36.7 Å². The molecule has 1 heterocycles. The molecule has 8 heteroatoms. The molecule has 5 N–H and O–H groups in total. The van der Waals surface area contributed by atoms with Crippen molar-refractivity contribution in [3.63, 3.8) is 0 Å². The van der Waals surface area contributed by atoms with Gasteiger partial charge in [-0.1, -0.05) is 23.2 Å². The van der Waals surface area contributed by atoms with E-state index in [4.69, 9.17) is 34.0 Å². The van der Waals surface area contributed by atoms with E-state index in [1.807, 2.05) is 0 Å². The number of rotatable bonds is 4. The van der Waals surface area contributed by atoms with Crippen molar-refractivity contribution < 1.29 is 20.1 Å². The van der Waals surface area contributed by atoms with Crippen LogP contribution in [0, 0.1) is 17.8 Å². The molecular formula is C17H22Cl2N2O4. The summed E-state index contributed by atoms with van der Waals surface area (Å²) in [4.78, 5) is 13.6. The van der Waals surface area contributed by atoms with Crippen LogP contribution in [0.5, 0.6) is 5.75 Å². The van der Waals surface area contributed by atoms with Crippen LogP contribution in [-0.2, 0) is 4.79 Å². The van der Waals surface area contributed by atoms with Gasteiger partial charge in [0.15, 0.2) is 6.10 Å². The first-order valence-corrected chi connectivity index (χ1v) is 9.08. The molecule has 1 saturated carbocycles. The molecule has 1 amide bonds. The second kappa shape index (κ2) is 7.29. The van der Waals surface area contributed by atoms with Crippen molar-refractivity contribution in [1.29, 1.82) is 0 Å². The fourth-order valence-electron chi connectivity index (χ4n) is 4.18. The quantitative estimate of drug-likeness (QED) is 0.625. The second-order valence-corrected chi connectivity index (χ2v) is 7.86. The topological polar surface area (TPSA) is 107 Å². The molecule has 5 atom stereocenters. The Morgan fingerprint density at radius 1 is 1.24 bits per heavy atom. The van der Waals surface area contributed by atoms with E-state index < -0.39 is 18.6 Å². The molecule has 1 unspecified atom stereocenters. The van der Waals surface area contributed by atoms with Gasteiger partial charge in [-0.25, -0.2) is 0 Å². The van der Waals surface area contributed by atoms with Gasteiger partial charge in [0.25, 0.3) is 5.91 Å². The molecule has 1 aromatic rings. The van der Waals surface area contributed by atoms with E-state index in [0.29, 0.717) is 35.5 Å². The number of hydrogen-bond acceptors (Lipinski definition) is 5. The third-order valence-electron chi connectivity index (χ3n) is 5.49. The standard InChI is InChI=1S/C17H22Cl2N2O4/c18-12-3-11(14(23)4-13(12)19)16(20)8-1-9-5-21(6-10(9)2-8)17(25)15(24)7-22/h3-4,8-10,15-16,22-24H,1-2,5-7,20H2/t8-,9+,10-,15-,16?/m1/s1. The molecule has 0 aromatic heterocycles. The number of phenols is 1. The van der Waals surface area contributed by atoms with E-state index in [0.717, 1.165) is 12.8 Å². The van der Waals surface area contributed by atoms with Crippen LogP contribution >= 0.6 is 23.2 Å². The maximum Gasteiger partial charge on any atom is 0.253 e. The number of hydrogen-bond donors (Lipinski definition) is 4. The molecule has 1 saturated heterocycles. The van der Waals surface area contributed by atoms with E-state index in [-0.39, 0.29) is 22.7 Å². The average molecular weight is 389 g/mol. The molecule has 1 aliphatic carbocycles. The number of carbonyl (C=O) groups is 1. The van der Waals surface area contributed by atoms with Gasteiger partial charge in [0.2, 0.25) is 0 Å². The molecule has 2 aliphatic rings. The Bertz CT molecular complexity index is 658. The van der Waals surface area contributed by atoms with Gasteiger partial charge in [-0.2, -0.15) is 0 Å². The van der Waals surface area contributed by atoms with Crippen LogP contribution in [0.3, 0.4) is 0 Å². The molecule has 25 heavy (non-hydrogen) atoms. The Morgan fingerprint density at radius 2 is 1.80 bits per heavy atom. The van der Waals surface area contributed by atoms with Gasteiger partial charge < -0.3 is 26.0 Å². The predicted molar refractivity (Wildman–Crippen MR) is 94.4 cm³/mol. The van der Waals surface area contributed by atoms with Gasteiger partial charge in [-0.15, -0.1) is 0 Å². The normalized spacial score (nSPS) is 28.0. The Labute approximate surface area is 156 Å². The number of carbonyl (C=O) groups excluding carboxylic acids is 1. The number of nitrogens with two attached hydrogens (primary N) is 1. The van der Waals surface area contributed by atoms with E-state index in [1.165, 1.54) is 6.07 Å². The zero-order valence-electron chi connectivity index (χ0n) is 13.6. The van der Waals surface area contributed by atoms with Crippen LogP contribution in [-0.4, -0.2) is 51.9 Å². The smallest absolute Gasteiger partial charge is 0.253 e. The van der Waals surface area contributed by atoms with Crippen molar-refractivity contribution in [3.05, 3.63) is 27.7 Å². The lowest BCUT2D eigenvalue weighted by atomic mass is 9.90. The molecule has 3 rings (SSSR count). The minimum Gasteiger partial charge on any atom is -0.508 e. The van der Waals surface area contributed by atoms with Crippen molar-refractivity contribution in [1.82, 2.24) is 4.90 Å². The highest BCUT2D eigenvalue weighted by molar-refractivity contribution is 6.42. The summed E-state index contributed by atoms with van der Waals surface area (Å²) in [5.41, 5.74) is 6.96.